The second-order valence-corrected chi connectivity index (χ2v) is 4.74. The first-order chi connectivity index (χ1) is 10.7. The molecular formula is C14H19N5O3. The van der Waals surface area contributed by atoms with Gasteiger partial charge in [-0.25, -0.2) is 4.79 Å². The number of hydrogen-bond donors (Lipinski definition) is 2. The standard InChI is InChI=1S/C14H19N5O3/c1-19(9-6-11-4-2-3-7-15-11)14(21)16-8-5-12-17-13(10-20)22-18-12/h2-4,7,20H,5-6,8-10H2,1H3,(H,16,21). The lowest BCUT2D eigenvalue weighted by atomic mass is 10.2. The fraction of sp³-hybridized carbons (Fsp3) is 0.429. The molecule has 22 heavy (non-hydrogen) atoms. The topological polar surface area (TPSA) is 104 Å². The van der Waals surface area contributed by atoms with Crippen molar-refractivity contribution in [2.45, 2.75) is 19.4 Å². The van der Waals surface area contributed by atoms with Crippen LogP contribution in [0.15, 0.2) is 28.9 Å². The van der Waals surface area contributed by atoms with Gasteiger partial charge in [0.2, 0.25) is 0 Å². The average Bonchev–Trinajstić information content (AvgIpc) is 3.01. The number of aliphatic hydroxyl groups excluding tert-OH is 1. The maximum atomic E-state index is 11.9. The van der Waals surface area contributed by atoms with Crippen molar-refractivity contribution < 1.29 is 14.4 Å². The van der Waals surface area contributed by atoms with Crippen molar-refractivity contribution in [3.63, 3.8) is 0 Å². The molecule has 0 atom stereocenters. The van der Waals surface area contributed by atoms with Gasteiger partial charge < -0.3 is 19.8 Å². The van der Waals surface area contributed by atoms with E-state index in [0.717, 1.165) is 5.69 Å². The first kappa shape index (κ1) is 15.9. The third kappa shape index (κ3) is 4.81. The van der Waals surface area contributed by atoms with Crippen LogP contribution < -0.4 is 5.32 Å². The molecule has 0 bridgehead atoms. The summed E-state index contributed by atoms with van der Waals surface area (Å²) in [5, 5.41) is 15.3. The number of aromatic nitrogens is 3. The van der Waals surface area contributed by atoms with Gasteiger partial charge in [0.15, 0.2) is 5.82 Å². The summed E-state index contributed by atoms with van der Waals surface area (Å²) in [6.45, 7) is 0.701. The van der Waals surface area contributed by atoms with Gasteiger partial charge in [0, 0.05) is 44.9 Å². The number of hydrogen-bond acceptors (Lipinski definition) is 6. The number of rotatable bonds is 7. The highest BCUT2D eigenvalue weighted by molar-refractivity contribution is 5.73. The Hall–Kier alpha value is -2.48. The molecule has 2 aromatic heterocycles. The molecule has 2 heterocycles. The highest BCUT2D eigenvalue weighted by Crippen LogP contribution is 1.98. The molecule has 2 aromatic rings. The normalized spacial score (nSPS) is 10.5. The number of carbonyl (C=O) groups excluding carboxylic acids is 1. The van der Waals surface area contributed by atoms with Crippen LogP contribution in [0.4, 0.5) is 4.79 Å². The third-order valence-corrected chi connectivity index (χ3v) is 3.05. The molecule has 0 saturated heterocycles. The van der Waals surface area contributed by atoms with Crippen LogP contribution in [0.1, 0.15) is 17.4 Å². The number of nitrogens with one attached hydrogen (secondary N) is 1. The Bertz CT molecular complexity index is 587. The van der Waals surface area contributed by atoms with Crippen LogP contribution in [0.3, 0.4) is 0 Å². The number of aliphatic hydroxyl groups is 1. The summed E-state index contributed by atoms with van der Waals surface area (Å²) in [6.07, 6.45) is 2.89. The summed E-state index contributed by atoms with van der Waals surface area (Å²) in [5.41, 5.74) is 0.950. The SMILES string of the molecule is CN(CCc1ccccn1)C(=O)NCCc1noc(CO)n1. The van der Waals surface area contributed by atoms with E-state index in [1.165, 1.54) is 0 Å². The summed E-state index contributed by atoms with van der Waals surface area (Å²) >= 11 is 0. The Balaban J connectivity index is 1.67. The van der Waals surface area contributed by atoms with E-state index in [4.69, 9.17) is 9.63 Å². The van der Waals surface area contributed by atoms with Gasteiger partial charge in [-0.3, -0.25) is 4.98 Å². The highest BCUT2D eigenvalue weighted by atomic mass is 16.5. The summed E-state index contributed by atoms with van der Waals surface area (Å²) in [5.74, 6) is 0.634. The second-order valence-electron chi connectivity index (χ2n) is 4.74. The van der Waals surface area contributed by atoms with E-state index in [-0.39, 0.29) is 18.5 Å². The van der Waals surface area contributed by atoms with Crippen molar-refractivity contribution in [1.82, 2.24) is 25.3 Å². The molecule has 8 heteroatoms. The summed E-state index contributed by atoms with van der Waals surface area (Å²) in [7, 11) is 1.73. The van der Waals surface area contributed by atoms with E-state index in [9.17, 15) is 4.79 Å². The van der Waals surface area contributed by atoms with Gasteiger partial charge >= 0.3 is 6.03 Å². The highest BCUT2D eigenvalue weighted by Gasteiger charge is 2.09. The van der Waals surface area contributed by atoms with Crippen molar-refractivity contribution in [2.24, 2.45) is 0 Å². The molecule has 2 N–H and O–H groups in total. The van der Waals surface area contributed by atoms with Crippen LogP contribution in [-0.4, -0.2) is 51.3 Å². The predicted octanol–water partition coefficient (Wildman–Crippen LogP) is 0.384. The smallest absolute Gasteiger partial charge is 0.317 e. The van der Waals surface area contributed by atoms with Gasteiger partial charge in [0.25, 0.3) is 5.89 Å². The molecule has 0 radical (unpaired) electrons. The molecule has 0 fully saturated rings. The van der Waals surface area contributed by atoms with Gasteiger partial charge in [-0.05, 0) is 12.1 Å². The molecule has 0 aromatic carbocycles. The van der Waals surface area contributed by atoms with Crippen LogP contribution in [0, 0.1) is 0 Å². The number of urea groups is 1. The fourth-order valence-corrected chi connectivity index (χ4v) is 1.80. The van der Waals surface area contributed by atoms with Crippen molar-refractivity contribution in [3.8, 4) is 0 Å². The van der Waals surface area contributed by atoms with Crippen LogP contribution in [-0.2, 0) is 19.4 Å². The van der Waals surface area contributed by atoms with E-state index >= 15 is 0 Å². The molecule has 0 aliphatic heterocycles. The molecule has 8 nitrogen and oxygen atoms in total. The summed E-state index contributed by atoms with van der Waals surface area (Å²) < 4.78 is 4.77. The van der Waals surface area contributed by atoms with Gasteiger partial charge in [-0.2, -0.15) is 4.98 Å². The Morgan fingerprint density at radius 3 is 2.95 bits per heavy atom. The van der Waals surface area contributed by atoms with E-state index in [1.807, 2.05) is 18.2 Å². The number of likely N-dealkylation sites (N-methyl/N-ethyl adjacent to an activating group) is 1. The molecule has 0 saturated carbocycles. The lowest BCUT2D eigenvalue weighted by Gasteiger charge is -2.17. The first-order valence-electron chi connectivity index (χ1n) is 7.00. The monoisotopic (exact) mass is 305 g/mol. The molecule has 0 spiro atoms. The van der Waals surface area contributed by atoms with Crippen molar-refractivity contribution >= 4 is 6.03 Å². The molecule has 0 unspecified atom stereocenters. The van der Waals surface area contributed by atoms with E-state index in [0.29, 0.717) is 31.8 Å². The van der Waals surface area contributed by atoms with Crippen molar-refractivity contribution in [3.05, 3.63) is 41.8 Å². The number of amides is 2. The molecule has 118 valence electrons. The predicted molar refractivity (Wildman–Crippen MR) is 77.9 cm³/mol. The number of carbonyl (C=O) groups is 1. The minimum absolute atomic E-state index is 0.165. The average molecular weight is 305 g/mol. The fourth-order valence-electron chi connectivity index (χ4n) is 1.80. The molecule has 0 aliphatic carbocycles. The van der Waals surface area contributed by atoms with E-state index in [1.54, 1.807) is 18.1 Å². The Labute approximate surface area is 128 Å². The second kappa shape index (κ2) is 8.08. The van der Waals surface area contributed by atoms with Gasteiger partial charge in [-0.15, -0.1) is 0 Å². The number of pyridine rings is 1. The van der Waals surface area contributed by atoms with E-state index < -0.39 is 0 Å². The maximum Gasteiger partial charge on any atom is 0.317 e. The third-order valence-electron chi connectivity index (χ3n) is 3.05. The van der Waals surface area contributed by atoms with Gasteiger partial charge in [0.1, 0.15) is 6.61 Å². The van der Waals surface area contributed by atoms with Crippen LogP contribution in [0.25, 0.3) is 0 Å². The Morgan fingerprint density at radius 1 is 1.41 bits per heavy atom. The zero-order valence-electron chi connectivity index (χ0n) is 12.4. The number of nitrogens with zero attached hydrogens (tertiary/aromatic N) is 4. The molecule has 2 amide bonds. The summed E-state index contributed by atoms with van der Waals surface area (Å²) in [6, 6.07) is 5.55. The maximum absolute atomic E-state index is 11.9. The van der Waals surface area contributed by atoms with Crippen LogP contribution in [0.2, 0.25) is 0 Å². The largest absolute Gasteiger partial charge is 0.387 e. The quantitative estimate of drug-likeness (QED) is 0.766. The first-order valence-corrected chi connectivity index (χ1v) is 7.00. The lowest BCUT2D eigenvalue weighted by Crippen LogP contribution is -2.39. The lowest BCUT2D eigenvalue weighted by molar-refractivity contribution is 0.209. The minimum Gasteiger partial charge on any atom is -0.387 e. The van der Waals surface area contributed by atoms with Crippen LogP contribution in [0.5, 0.6) is 0 Å². The molecule has 2 rings (SSSR count). The van der Waals surface area contributed by atoms with Crippen molar-refractivity contribution in [2.75, 3.05) is 20.1 Å². The Morgan fingerprint density at radius 2 is 2.27 bits per heavy atom. The van der Waals surface area contributed by atoms with Crippen LogP contribution >= 0.6 is 0 Å². The van der Waals surface area contributed by atoms with Gasteiger partial charge in [-0.1, -0.05) is 11.2 Å². The van der Waals surface area contributed by atoms with E-state index in [2.05, 4.69) is 20.4 Å². The molecular weight excluding hydrogens is 286 g/mol. The zero-order valence-corrected chi connectivity index (χ0v) is 12.4. The van der Waals surface area contributed by atoms with Gasteiger partial charge in [0.05, 0.1) is 0 Å². The minimum atomic E-state index is -0.282. The Kier molecular flexibility index (Phi) is 5.84. The summed E-state index contributed by atoms with van der Waals surface area (Å²) in [4.78, 5) is 21.7. The van der Waals surface area contributed by atoms with Crippen molar-refractivity contribution in [1.29, 1.82) is 0 Å². The zero-order chi connectivity index (χ0) is 15.8. The molecule has 0 aliphatic rings.